The lowest BCUT2D eigenvalue weighted by Gasteiger charge is -2.38. The summed E-state index contributed by atoms with van der Waals surface area (Å²) in [4.78, 5) is 91.1. The van der Waals surface area contributed by atoms with Gasteiger partial charge in [0, 0.05) is 86.2 Å². The quantitative estimate of drug-likeness (QED) is 0.0460. The molecule has 2 aliphatic heterocycles. The number of carbonyl (C=O) groups excluding carboxylic acids is 5. The van der Waals surface area contributed by atoms with Gasteiger partial charge < -0.3 is 30.2 Å². The minimum Gasteiger partial charge on any atom is -0.342 e. The summed E-state index contributed by atoms with van der Waals surface area (Å²) < 4.78 is 0.897. The van der Waals surface area contributed by atoms with Crippen LogP contribution in [0.5, 0.6) is 0 Å². The van der Waals surface area contributed by atoms with Gasteiger partial charge in [-0.2, -0.15) is 0 Å². The Morgan fingerprint density at radius 1 is 0.620 bits per heavy atom. The first-order valence-electron chi connectivity index (χ1n) is 27.0. The van der Waals surface area contributed by atoms with Crippen LogP contribution in [-0.2, 0) is 24.0 Å². The standard InChI is InChI=1S/C57H92N8O6/c1-41(45-27-19-17-20-28-45)37-61(39-47-31-25-35-63(47)54(69)51(56(5,6)7)60-53(68)43(3)58-11)49(66)33-23-15-13-14-16-24-34-50(67)62(38-42(2)46-29-21-18-22-30-46)40-48-32-26-36-64(48)55(70)52(57(8,9)10)65(71)44(4)59-12/h17-22,27-30,41-44,47-48,51-52,58-59H,13-16,23-26,31-40H2,1-12H3/p+1/t41-,42-,43+,44-,47+,48+,51-,52-/m1/s1. The van der Waals surface area contributed by atoms with Crippen LogP contribution in [0.2, 0.25) is 0 Å². The van der Waals surface area contributed by atoms with Crippen LogP contribution < -0.4 is 16.0 Å². The van der Waals surface area contributed by atoms with Gasteiger partial charge in [-0.15, -0.1) is 0 Å². The molecule has 0 aliphatic carbocycles. The molecule has 14 nitrogen and oxygen atoms in total. The predicted molar refractivity (Wildman–Crippen MR) is 285 cm³/mol. The van der Waals surface area contributed by atoms with Crippen molar-refractivity contribution in [3.63, 3.8) is 0 Å². The van der Waals surface area contributed by atoms with Gasteiger partial charge in [-0.25, -0.2) is 0 Å². The number of nitrogens with one attached hydrogen (secondary N) is 3. The number of hydrogen-bond donors (Lipinski definition) is 3. The minimum atomic E-state index is -0.861. The van der Waals surface area contributed by atoms with E-state index in [0.717, 1.165) is 74.5 Å². The fraction of sp³-hybridized carbons (Fsp3) is 0.702. The number of unbranched alkanes of at least 4 members (excludes halogenated alkanes) is 5. The maximum absolute atomic E-state index is 14.3. The molecule has 14 heteroatoms. The van der Waals surface area contributed by atoms with E-state index in [4.69, 9.17) is 0 Å². The van der Waals surface area contributed by atoms with E-state index in [2.05, 4.69) is 54.1 Å². The summed E-state index contributed by atoms with van der Waals surface area (Å²) >= 11 is 0. The molecule has 0 aromatic heterocycles. The molecule has 0 unspecified atom stereocenters. The fourth-order valence-electron chi connectivity index (χ4n) is 10.3. The third-order valence-corrected chi connectivity index (χ3v) is 15.0. The second-order valence-electron chi connectivity index (χ2n) is 22.9. The van der Waals surface area contributed by atoms with Crippen molar-refractivity contribution in [1.29, 1.82) is 0 Å². The van der Waals surface area contributed by atoms with Gasteiger partial charge in [0.05, 0.1) is 6.04 Å². The molecular weight excluding hydrogens is 893 g/mol. The van der Waals surface area contributed by atoms with Crippen molar-refractivity contribution in [2.45, 2.75) is 194 Å². The SMILES string of the molecule is CN[C@@H](C)C(=O)N[C@H](C(=O)N1CCC[C@H]1CN(C[C@@H](C)c1ccccc1)C(=O)CCCCCCCCC(=O)N(C[C@@H]1CCCN1C(=O)[C@@H]([N+](=O)[C@H](C)NC)C(C)(C)C)C[C@@H](C)c1ccccc1)C(C)(C)C. The lowest BCUT2D eigenvalue weighted by molar-refractivity contribution is -0.622. The van der Waals surface area contributed by atoms with Gasteiger partial charge in [0.15, 0.2) is 0 Å². The molecule has 0 bridgehead atoms. The number of carbonyl (C=O) groups is 5. The fourth-order valence-corrected chi connectivity index (χ4v) is 10.3. The minimum absolute atomic E-state index is 0.0914. The number of amides is 5. The lowest BCUT2D eigenvalue weighted by atomic mass is 9.85. The van der Waals surface area contributed by atoms with E-state index in [1.54, 1.807) is 27.9 Å². The Morgan fingerprint density at radius 2 is 1.04 bits per heavy atom. The Balaban J connectivity index is 1.35. The third kappa shape index (κ3) is 17.5. The zero-order valence-corrected chi connectivity index (χ0v) is 45.8. The zero-order valence-electron chi connectivity index (χ0n) is 45.8. The Morgan fingerprint density at radius 3 is 1.44 bits per heavy atom. The van der Waals surface area contributed by atoms with Crippen molar-refractivity contribution >= 4 is 29.5 Å². The third-order valence-electron chi connectivity index (χ3n) is 15.0. The van der Waals surface area contributed by atoms with Crippen LogP contribution in [0.3, 0.4) is 0 Å². The van der Waals surface area contributed by atoms with Gasteiger partial charge in [0.2, 0.25) is 23.6 Å². The molecule has 2 aromatic carbocycles. The molecule has 2 aliphatic rings. The van der Waals surface area contributed by atoms with Crippen LogP contribution in [0.1, 0.15) is 169 Å². The van der Waals surface area contributed by atoms with E-state index in [-0.39, 0.29) is 53.5 Å². The Bertz CT molecular complexity index is 2000. The van der Waals surface area contributed by atoms with Crippen LogP contribution in [0.25, 0.3) is 0 Å². The van der Waals surface area contributed by atoms with Crippen LogP contribution >= 0.6 is 0 Å². The Kier molecular flexibility index (Phi) is 23.2. The average Bonchev–Trinajstić information content (AvgIpc) is 4.02. The molecule has 2 fully saturated rings. The van der Waals surface area contributed by atoms with E-state index in [1.165, 1.54) is 5.56 Å². The second kappa shape index (κ2) is 27.9. The van der Waals surface area contributed by atoms with E-state index < -0.39 is 35.1 Å². The van der Waals surface area contributed by atoms with Gasteiger partial charge in [0.1, 0.15) is 6.04 Å². The van der Waals surface area contributed by atoms with Gasteiger partial charge >= 0.3 is 0 Å². The summed E-state index contributed by atoms with van der Waals surface area (Å²) in [5.74, 6) is -0.0777. The van der Waals surface area contributed by atoms with Crippen LogP contribution in [-0.4, -0.2) is 144 Å². The highest BCUT2D eigenvalue weighted by molar-refractivity contribution is 5.90. The van der Waals surface area contributed by atoms with E-state index in [1.807, 2.05) is 97.5 Å². The highest BCUT2D eigenvalue weighted by Gasteiger charge is 2.50. The highest BCUT2D eigenvalue weighted by Crippen LogP contribution is 2.31. The molecule has 71 heavy (non-hydrogen) atoms. The van der Waals surface area contributed by atoms with Crippen molar-refractivity contribution in [3.05, 3.63) is 76.7 Å². The summed E-state index contributed by atoms with van der Waals surface area (Å²) in [5.41, 5.74) is 1.23. The van der Waals surface area contributed by atoms with Gasteiger partial charge in [0.25, 0.3) is 18.1 Å². The Labute approximate surface area is 427 Å². The maximum atomic E-state index is 14.3. The zero-order chi connectivity index (χ0) is 52.5. The van der Waals surface area contributed by atoms with Crippen LogP contribution in [0, 0.1) is 15.7 Å². The maximum Gasteiger partial charge on any atom is 0.296 e. The number of rotatable bonds is 27. The molecule has 0 saturated carbocycles. The summed E-state index contributed by atoms with van der Waals surface area (Å²) in [6.07, 6.45) is 8.85. The van der Waals surface area contributed by atoms with Gasteiger partial charge in [-0.05, 0) is 87.9 Å². The molecule has 3 N–H and O–H groups in total. The van der Waals surface area contributed by atoms with Crippen molar-refractivity contribution < 1.29 is 28.7 Å². The second-order valence-corrected chi connectivity index (χ2v) is 22.9. The number of nitrogens with zero attached hydrogens (tertiary/aromatic N) is 5. The van der Waals surface area contributed by atoms with Crippen molar-refractivity contribution in [2.75, 3.05) is 53.4 Å². The molecule has 2 heterocycles. The van der Waals surface area contributed by atoms with E-state index in [9.17, 15) is 28.9 Å². The molecule has 0 radical (unpaired) electrons. The lowest BCUT2D eigenvalue weighted by Crippen LogP contribution is -2.59. The molecule has 4 rings (SSSR count). The number of likely N-dealkylation sites (tertiary alicyclic amines) is 2. The first-order valence-corrected chi connectivity index (χ1v) is 27.0. The average molecular weight is 986 g/mol. The summed E-state index contributed by atoms with van der Waals surface area (Å²) in [5, 5.41) is 9.00. The number of nitroso groups, excluding NO2 is 1. The van der Waals surface area contributed by atoms with E-state index in [0.29, 0.717) is 52.1 Å². The molecule has 2 saturated heterocycles. The molecule has 0 spiro atoms. The number of hydrogen-bond acceptors (Lipinski definition) is 8. The van der Waals surface area contributed by atoms with Crippen LogP contribution in [0.4, 0.5) is 0 Å². The van der Waals surface area contributed by atoms with E-state index >= 15 is 0 Å². The van der Waals surface area contributed by atoms with Crippen molar-refractivity contribution in [2.24, 2.45) is 10.8 Å². The summed E-state index contributed by atoms with van der Waals surface area (Å²) in [7, 11) is 3.45. The monoisotopic (exact) mass is 986 g/mol. The van der Waals surface area contributed by atoms with Gasteiger partial charge in [-0.1, -0.05) is 142 Å². The summed E-state index contributed by atoms with van der Waals surface area (Å²) in [6, 6.07) is 18.2. The normalized spacial score (nSPS) is 18.8. The first-order chi connectivity index (χ1) is 33.6. The highest BCUT2D eigenvalue weighted by atomic mass is 16.3. The molecule has 8 atom stereocenters. The van der Waals surface area contributed by atoms with Crippen molar-refractivity contribution in [3.8, 4) is 0 Å². The van der Waals surface area contributed by atoms with Crippen LogP contribution in [0.15, 0.2) is 60.7 Å². The molecule has 396 valence electrons. The number of benzene rings is 2. The molecule has 2 aromatic rings. The predicted octanol–water partition coefficient (Wildman–Crippen LogP) is 8.25. The van der Waals surface area contributed by atoms with Crippen molar-refractivity contribution in [1.82, 2.24) is 35.6 Å². The Hall–Kier alpha value is -4.69. The summed E-state index contributed by atoms with van der Waals surface area (Å²) in [6.45, 7) is 22.7. The molecular formula is C57H93N8O6+. The molecule has 5 amide bonds. The largest absolute Gasteiger partial charge is 0.342 e. The first kappa shape index (κ1) is 58.9. The number of likely N-dealkylation sites (N-methyl/N-ethyl adjacent to an activating group) is 1. The van der Waals surface area contributed by atoms with Gasteiger partial charge in [-0.3, -0.25) is 29.3 Å². The topological polar surface area (TPSA) is 154 Å². The smallest absolute Gasteiger partial charge is 0.296 e.